The Bertz CT molecular complexity index is 1100. The van der Waals surface area contributed by atoms with Crippen molar-refractivity contribution in [2.45, 2.75) is 26.4 Å². The van der Waals surface area contributed by atoms with Crippen molar-refractivity contribution in [2.24, 2.45) is 0 Å². The van der Waals surface area contributed by atoms with E-state index in [4.69, 9.17) is 4.74 Å². The SMILES string of the molecule is CCOCCCn1c(NC(=O)c2ccc(Cn3cncn3)cc2)nc2ccccc21. The van der Waals surface area contributed by atoms with Gasteiger partial charge in [-0.05, 0) is 43.2 Å². The highest BCUT2D eigenvalue weighted by atomic mass is 16.5. The first-order valence-corrected chi connectivity index (χ1v) is 10.0. The number of amides is 1. The normalized spacial score (nSPS) is 11.1. The Morgan fingerprint density at radius 3 is 2.73 bits per heavy atom. The lowest BCUT2D eigenvalue weighted by Crippen LogP contribution is -2.16. The molecule has 8 nitrogen and oxygen atoms in total. The summed E-state index contributed by atoms with van der Waals surface area (Å²) in [6.07, 6.45) is 4.01. The summed E-state index contributed by atoms with van der Waals surface area (Å²) in [5.74, 6) is 0.355. The average molecular weight is 404 g/mol. The summed E-state index contributed by atoms with van der Waals surface area (Å²) in [6, 6.07) is 15.3. The van der Waals surface area contributed by atoms with Crippen LogP contribution in [0.3, 0.4) is 0 Å². The van der Waals surface area contributed by atoms with Gasteiger partial charge in [0.1, 0.15) is 12.7 Å². The quantitative estimate of drug-likeness (QED) is 0.432. The van der Waals surface area contributed by atoms with Crippen LogP contribution in [0, 0.1) is 0 Å². The Morgan fingerprint density at radius 1 is 1.13 bits per heavy atom. The second kappa shape index (κ2) is 9.32. The minimum absolute atomic E-state index is 0.191. The van der Waals surface area contributed by atoms with Gasteiger partial charge in [-0.15, -0.1) is 0 Å². The van der Waals surface area contributed by atoms with Gasteiger partial charge in [0.25, 0.3) is 5.91 Å². The first-order valence-electron chi connectivity index (χ1n) is 10.0. The van der Waals surface area contributed by atoms with Crippen molar-refractivity contribution in [3.63, 3.8) is 0 Å². The van der Waals surface area contributed by atoms with Crippen LogP contribution in [-0.4, -0.2) is 43.4 Å². The molecule has 2 heterocycles. The van der Waals surface area contributed by atoms with E-state index in [9.17, 15) is 4.79 Å². The Morgan fingerprint density at radius 2 is 1.97 bits per heavy atom. The van der Waals surface area contributed by atoms with E-state index in [-0.39, 0.29) is 5.91 Å². The molecule has 2 aromatic heterocycles. The summed E-state index contributed by atoms with van der Waals surface area (Å²) in [5, 5.41) is 7.06. The molecule has 0 atom stereocenters. The van der Waals surface area contributed by atoms with Crippen LogP contribution in [0.1, 0.15) is 29.3 Å². The average Bonchev–Trinajstić information content (AvgIpc) is 3.39. The number of para-hydroxylation sites is 2. The summed E-state index contributed by atoms with van der Waals surface area (Å²) < 4.78 is 9.22. The molecule has 4 rings (SSSR count). The largest absolute Gasteiger partial charge is 0.382 e. The number of carbonyl (C=O) groups is 1. The molecule has 0 aliphatic heterocycles. The summed E-state index contributed by atoms with van der Waals surface area (Å²) in [6.45, 7) is 4.67. The molecule has 0 radical (unpaired) electrons. The van der Waals surface area contributed by atoms with E-state index in [0.717, 1.165) is 23.0 Å². The Hall–Kier alpha value is -3.52. The highest BCUT2D eigenvalue weighted by Crippen LogP contribution is 2.21. The van der Waals surface area contributed by atoms with Crippen LogP contribution in [0.2, 0.25) is 0 Å². The zero-order valence-electron chi connectivity index (χ0n) is 16.9. The van der Waals surface area contributed by atoms with Crippen LogP contribution in [0.25, 0.3) is 11.0 Å². The fourth-order valence-corrected chi connectivity index (χ4v) is 3.30. The van der Waals surface area contributed by atoms with Gasteiger partial charge in [0.15, 0.2) is 0 Å². The number of fused-ring (bicyclic) bond motifs is 1. The maximum atomic E-state index is 12.8. The third-order valence-corrected chi connectivity index (χ3v) is 4.78. The molecular formula is C22H24N6O2. The van der Waals surface area contributed by atoms with Crippen LogP contribution in [0.15, 0.2) is 61.2 Å². The molecule has 0 saturated carbocycles. The number of nitrogens with zero attached hydrogens (tertiary/aromatic N) is 5. The second-order valence-electron chi connectivity index (χ2n) is 6.87. The van der Waals surface area contributed by atoms with Gasteiger partial charge in [0, 0.05) is 25.3 Å². The van der Waals surface area contributed by atoms with Crippen molar-refractivity contribution in [3.05, 3.63) is 72.3 Å². The zero-order valence-corrected chi connectivity index (χ0v) is 16.9. The molecule has 0 saturated heterocycles. The number of aryl methyl sites for hydroxylation is 1. The smallest absolute Gasteiger partial charge is 0.257 e. The molecule has 0 bridgehead atoms. The number of hydrogen-bond donors (Lipinski definition) is 1. The third-order valence-electron chi connectivity index (χ3n) is 4.78. The predicted molar refractivity (Wildman–Crippen MR) is 114 cm³/mol. The lowest BCUT2D eigenvalue weighted by atomic mass is 10.1. The van der Waals surface area contributed by atoms with Gasteiger partial charge in [0.2, 0.25) is 5.95 Å². The fourth-order valence-electron chi connectivity index (χ4n) is 3.30. The fraction of sp³-hybridized carbons (Fsp3) is 0.273. The summed E-state index contributed by atoms with van der Waals surface area (Å²) >= 11 is 0. The van der Waals surface area contributed by atoms with E-state index in [1.165, 1.54) is 6.33 Å². The molecule has 4 aromatic rings. The number of nitrogens with one attached hydrogen (secondary N) is 1. The molecule has 0 aliphatic rings. The Balaban J connectivity index is 1.49. The molecule has 8 heteroatoms. The lowest BCUT2D eigenvalue weighted by molar-refractivity contribution is 0.102. The van der Waals surface area contributed by atoms with Gasteiger partial charge < -0.3 is 9.30 Å². The van der Waals surface area contributed by atoms with Gasteiger partial charge in [-0.1, -0.05) is 24.3 Å². The first kappa shape index (κ1) is 19.8. The molecule has 0 aliphatic carbocycles. The van der Waals surface area contributed by atoms with E-state index < -0.39 is 0 Å². The predicted octanol–water partition coefficient (Wildman–Crippen LogP) is 3.36. The number of ether oxygens (including phenoxy) is 1. The number of benzene rings is 2. The van der Waals surface area contributed by atoms with E-state index in [1.54, 1.807) is 11.0 Å². The molecule has 30 heavy (non-hydrogen) atoms. The van der Waals surface area contributed by atoms with Gasteiger partial charge in [0.05, 0.1) is 17.6 Å². The number of carbonyl (C=O) groups excluding carboxylic acids is 1. The summed E-state index contributed by atoms with van der Waals surface area (Å²) in [5.41, 5.74) is 3.46. The summed E-state index contributed by atoms with van der Waals surface area (Å²) in [4.78, 5) is 21.4. The Labute approximate surface area is 174 Å². The molecule has 0 spiro atoms. The minimum Gasteiger partial charge on any atom is -0.382 e. The highest BCUT2D eigenvalue weighted by molar-refractivity contribution is 6.04. The number of anilines is 1. The molecule has 2 aromatic carbocycles. The van der Waals surface area contributed by atoms with Crippen LogP contribution < -0.4 is 5.32 Å². The van der Waals surface area contributed by atoms with Crippen LogP contribution >= 0.6 is 0 Å². The lowest BCUT2D eigenvalue weighted by Gasteiger charge is -2.10. The van der Waals surface area contributed by atoms with E-state index in [2.05, 4.69) is 20.4 Å². The molecule has 1 N–H and O–H groups in total. The van der Waals surface area contributed by atoms with Crippen LogP contribution in [0.5, 0.6) is 0 Å². The standard InChI is InChI=1S/C22H24N6O2/c1-2-30-13-5-12-28-20-7-4-3-6-19(20)25-22(28)26-21(29)18-10-8-17(9-11-18)14-27-16-23-15-24-27/h3-4,6-11,15-16H,2,5,12-14H2,1H3,(H,25,26,29). The molecule has 154 valence electrons. The highest BCUT2D eigenvalue weighted by Gasteiger charge is 2.14. The van der Waals surface area contributed by atoms with Crippen molar-refractivity contribution in [2.75, 3.05) is 18.5 Å². The maximum Gasteiger partial charge on any atom is 0.257 e. The Kier molecular flexibility index (Phi) is 6.14. The second-order valence-corrected chi connectivity index (χ2v) is 6.87. The van der Waals surface area contributed by atoms with Crippen molar-refractivity contribution in [3.8, 4) is 0 Å². The number of imidazole rings is 1. The minimum atomic E-state index is -0.191. The van der Waals surface area contributed by atoms with Crippen molar-refractivity contribution in [1.29, 1.82) is 0 Å². The van der Waals surface area contributed by atoms with E-state index in [0.29, 0.717) is 37.8 Å². The number of rotatable bonds is 9. The molecular weight excluding hydrogens is 380 g/mol. The first-order chi connectivity index (χ1) is 14.7. The van der Waals surface area contributed by atoms with Crippen molar-refractivity contribution < 1.29 is 9.53 Å². The topological polar surface area (TPSA) is 86.9 Å². The monoisotopic (exact) mass is 404 g/mol. The van der Waals surface area contributed by atoms with Gasteiger partial charge >= 0.3 is 0 Å². The van der Waals surface area contributed by atoms with Crippen LogP contribution in [0.4, 0.5) is 5.95 Å². The molecule has 0 fully saturated rings. The van der Waals surface area contributed by atoms with Gasteiger partial charge in [-0.3, -0.25) is 10.1 Å². The van der Waals surface area contributed by atoms with Gasteiger partial charge in [-0.25, -0.2) is 14.6 Å². The zero-order chi connectivity index (χ0) is 20.8. The summed E-state index contributed by atoms with van der Waals surface area (Å²) in [7, 11) is 0. The van der Waals surface area contributed by atoms with Gasteiger partial charge in [-0.2, -0.15) is 5.10 Å². The number of hydrogen-bond acceptors (Lipinski definition) is 5. The maximum absolute atomic E-state index is 12.8. The number of aromatic nitrogens is 5. The van der Waals surface area contributed by atoms with E-state index in [1.807, 2.05) is 60.0 Å². The van der Waals surface area contributed by atoms with Crippen molar-refractivity contribution >= 4 is 22.9 Å². The van der Waals surface area contributed by atoms with E-state index >= 15 is 0 Å². The van der Waals surface area contributed by atoms with Crippen LogP contribution in [-0.2, 0) is 17.8 Å². The third kappa shape index (κ3) is 4.55. The van der Waals surface area contributed by atoms with Crippen molar-refractivity contribution in [1.82, 2.24) is 24.3 Å². The molecule has 0 unspecified atom stereocenters. The molecule has 1 amide bonds.